The highest BCUT2D eigenvalue weighted by molar-refractivity contribution is 7.93. The van der Waals surface area contributed by atoms with Crippen LogP contribution in [0.25, 0.3) is 0 Å². The minimum Gasteiger partial charge on any atom is -0.326 e. The van der Waals surface area contributed by atoms with Gasteiger partial charge >= 0.3 is 0 Å². The molecule has 2 aromatic rings. The van der Waals surface area contributed by atoms with Crippen LogP contribution in [-0.2, 0) is 19.4 Å². The highest BCUT2D eigenvalue weighted by Crippen LogP contribution is 2.31. The first-order valence-corrected chi connectivity index (χ1v) is 9.35. The minimum absolute atomic E-state index is 0.0409. The van der Waals surface area contributed by atoms with Gasteiger partial charge in [0, 0.05) is 5.69 Å². The van der Waals surface area contributed by atoms with Crippen molar-refractivity contribution in [3.63, 3.8) is 0 Å². The minimum atomic E-state index is -3.91. The maximum atomic E-state index is 12.7. The molecule has 2 amide bonds. The zero-order valence-electron chi connectivity index (χ0n) is 13.9. The first-order chi connectivity index (χ1) is 11.8. The molecule has 0 bridgehead atoms. The van der Waals surface area contributed by atoms with Crippen LogP contribution in [0.15, 0.2) is 47.4 Å². The molecule has 0 unspecified atom stereocenters. The number of anilines is 2. The van der Waals surface area contributed by atoms with Crippen molar-refractivity contribution >= 4 is 33.0 Å². The molecule has 0 fully saturated rings. The third-order valence-electron chi connectivity index (χ3n) is 4.37. The first kappa shape index (κ1) is 17.2. The van der Waals surface area contributed by atoms with E-state index in [1.54, 1.807) is 24.3 Å². The van der Waals surface area contributed by atoms with Gasteiger partial charge in [-0.25, -0.2) is 8.42 Å². The lowest BCUT2D eigenvalue weighted by molar-refractivity contribution is -0.121. The van der Waals surface area contributed by atoms with E-state index in [1.165, 1.54) is 12.1 Å². The van der Waals surface area contributed by atoms with Crippen LogP contribution in [0.5, 0.6) is 0 Å². The summed E-state index contributed by atoms with van der Waals surface area (Å²) < 4.78 is 25.4. The summed E-state index contributed by atoms with van der Waals surface area (Å²) in [6.45, 7) is 3.78. The molecular weight excluding hydrogens is 340 g/mol. The Bertz CT molecular complexity index is 967. The number of rotatable bonds is 3. The molecule has 0 saturated heterocycles. The lowest BCUT2D eigenvalue weighted by Gasteiger charge is -2.24. The van der Waals surface area contributed by atoms with Gasteiger partial charge in [0.1, 0.15) is 0 Å². The SMILES string of the molecule is Cc1cccc(NC(=O)C[C@@H]2C(=O)Nc3ccccc3S2(=O)=O)c1C. The summed E-state index contributed by atoms with van der Waals surface area (Å²) in [6.07, 6.45) is -0.435. The van der Waals surface area contributed by atoms with Crippen molar-refractivity contribution in [2.75, 3.05) is 10.6 Å². The van der Waals surface area contributed by atoms with Crippen LogP contribution in [0.3, 0.4) is 0 Å². The fourth-order valence-corrected chi connectivity index (χ4v) is 4.50. The Morgan fingerprint density at radius 2 is 1.84 bits per heavy atom. The van der Waals surface area contributed by atoms with E-state index in [0.29, 0.717) is 5.69 Å². The van der Waals surface area contributed by atoms with Crippen molar-refractivity contribution in [1.29, 1.82) is 0 Å². The molecule has 25 heavy (non-hydrogen) atoms. The number of carbonyl (C=O) groups is 2. The smallest absolute Gasteiger partial charge is 0.243 e. The summed E-state index contributed by atoms with van der Waals surface area (Å²) in [4.78, 5) is 24.6. The van der Waals surface area contributed by atoms with E-state index in [9.17, 15) is 18.0 Å². The van der Waals surface area contributed by atoms with Gasteiger partial charge in [0.2, 0.25) is 11.8 Å². The van der Waals surface area contributed by atoms with E-state index >= 15 is 0 Å². The molecule has 6 nitrogen and oxygen atoms in total. The molecule has 0 spiro atoms. The molecule has 3 rings (SSSR count). The van der Waals surface area contributed by atoms with E-state index in [-0.39, 0.29) is 10.6 Å². The van der Waals surface area contributed by atoms with Crippen molar-refractivity contribution < 1.29 is 18.0 Å². The number of nitrogens with one attached hydrogen (secondary N) is 2. The molecule has 130 valence electrons. The largest absolute Gasteiger partial charge is 0.326 e. The van der Waals surface area contributed by atoms with E-state index in [2.05, 4.69) is 10.6 Å². The van der Waals surface area contributed by atoms with Gasteiger partial charge in [0.05, 0.1) is 17.0 Å². The fraction of sp³-hybridized carbons (Fsp3) is 0.222. The third kappa shape index (κ3) is 3.15. The van der Waals surface area contributed by atoms with E-state index < -0.39 is 33.3 Å². The van der Waals surface area contributed by atoms with E-state index in [1.807, 2.05) is 19.9 Å². The number of hydrogen-bond acceptors (Lipinski definition) is 4. The second kappa shape index (κ2) is 6.33. The monoisotopic (exact) mass is 358 g/mol. The molecule has 0 saturated carbocycles. The van der Waals surface area contributed by atoms with Gasteiger partial charge in [-0.3, -0.25) is 9.59 Å². The first-order valence-electron chi connectivity index (χ1n) is 7.80. The lowest BCUT2D eigenvalue weighted by Crippen LogP contribution is -2.42. The third-order valence-corrected chi connectivity index (χ3v) is 6.47. The highest BCUT2D eigenvalue weighted by atomic mass is 32.2. The molecule has 7 heteroatoms. The summed E-state index contributed by atoms with van der Waals surface area (Å²) in [7, 11) is -3.91. The van der Waals surface area contributed by atoms with E-state index in [4.69, 9.17) is 0 Å². The van der Waals surface area contributed by atoms with Crippen LogP contribution in [0.2, 0.25) is 0 Å². The molecule has 2 aromatic carbocycles. The van der Waals surface area contributed by atoms with Gasteiger partial charge < -0.3 is 10.6 Å². The van der Waals surface area contributed by atoms with Gasteiger partial charge in [0.25, 0.3) is 0 Å². The molecule has 0 radical (unpaired) electrons. The Labute approximate surface area is 146 Å². The Kier molecular flexibility index (Phi) is 4.34. The Hall–Kier alpha value is -2.67. The summed E-state index contributed by atoms with van der Waals surface area (Å²) in [5, 5.41) is 3.82. The Balaban J connectivity index is 1.84. The van der Waals surface area contributed by atoms with Crippen molar-refractivity contribution in [2.45, 2.75) is 30.4 Å². The molecule has 1 aliphatic heterocycles. The number of fused-ring (bicyclic) bond motifs is 1. The Morgan fingerprint density at radius 1 is 1.12 bits per heavy atom. The zero-order valence-corrected chi connectivity index (χ0v) is 14.7. The summed E-state index contributed by atoms with van der Waals surface area (Å²) >= 11 is 0. The number of hydrogen-bond donors (Lipinski definition) is 2. The normalized spacial score (nSPS) is 18.2. The lowest BCUT2D eigenvalue weighted by atomic mass is 10.1. The van der Waals surface area contributed by atoms with E-state index in [0.717, 1.165) is 11.1 Å². The van der Waals surface area contributed by atoms with Crippen LogP contribution in [0, 0.1) is 13.8 Å². The maximum Gasteiger partial charge on any atom is 0.243 e. The predicted molar refractivity (Wildman–Crippen MR) is 95.2 cm³/mol. The number of carbonyl (C=O) groups excluding carboxylic acids is 2. The van der Waals surface area contributed by atoms with Crippen molar-refractivity contribution in [1.82, 2.24) is 0 Å². The van der Waals surface area contributed by atoms with Gasteiger partial charge in [-0.05, 0) is 43.2 Å². The van der Waals surface area contributed by atoms with Gasteiger partial charge in [-0.1, -0.05) is 24.3 Å². The molecule has 1 heterocycles. The van der Waals surface area contributed by atoms with Crippen molar-refractivity contribution in [3.05, 3.63) is 53.6 Å². The van der Waals surface area contributed by atoms with Crippen LogP contribution in [0.1, 0.15) is 17.5 Å². The van der Waals surface area contributed by atoms with Crippen LogP contribution in [0.4, 0.5) is 11.4 Å². The van der Waals surface area contributed by atoms with Crippen LogP contribution < -0.4 is 10.6 Å². The second-order valence-electron chi connectivity index (χ2n) is 6.02. The van der Waals surface area contributed by atoms with Crippen molar-refractivity contribution in [2.24, 2.45) is 0 Å². The second-order valence-corrected chi connectivity index (χ2v) is 8.12. The highest BCUT2D eigenvalue weighted by Gasteiger charge is 2.41. The number of sulfone groups is 1. The van der Waals surface area contributed by atoms with Crippen LogP contribution >= 0.6 is 0 Å². The number of para-hydroxylation sites is 1. The van der Waals surface area contributed by atoms with Gasteiger partial charge in [-0.15, -0.1) is 0 Å². The molecule has 1 atom stereocenters. The molecule has 0 aliphatic carbocycles. The zero-order chi connectivity index (χ0) is 18.2. The molecule has 2 N–H and O–H groups in total. The number of aryl methyl sites for hydroxylation is 1. The fourth-order valence-electron chi connectivity index (χ4n) is 2.78. The van der Waals surface area contributed by atoms with Crippen LogP contribution in [-0.4, -0.2) is 25.5 Å². The topological polar surface area (TPSA) is 92.3 Å². The summed E-state index contributed by atoms with van der Waals surface area (Å²) in [5.41, 5.74) is 2.77. The average molecular weight is 358 g/mol. The number of benzene rings is 2. The standard InChI is InChI=1S/C18H18N2O4S/c1-11-6-5-8-13(12(11)2)19-17(21)10-16-18(22)20-14-7-3-4-9-15(14)25(16,23)24/h3-9,16H,10H2,1-2H3,(H,19,21)(H,20,22)/t16-/m1/s1. The molecule has 1 aliphatic rings. The predicted octanol–water partition coefficient (Wildman–Crippen LogP) is 2.43. The number of amides is 2. The molecular formula is C18H18N2O4S. The van der Waals surface area contributed by atoms with Gasteiger partial charge in [-0.2, -0.15) is 0 Å². The summed E-state index contributed by atoms with van der Waals surface area (Å²) in [6, 6.07) is 11.6. The average Bonchev–Trinajstić information content (AvgIpc) is 2.56. The maximum absolute atomic E-state index is 12.7. The van der Waals surface area contributed by atoms with Crippen molar-refractivity contribution in [3.8, 4) is 0 Å². The molecule has 0 aromatic heterocycles. The summed E-state index contributed by atoms with van der Waals surface area (Å²) in [5.74, 6) is -1.20. The van der Waals surface area contributed by atoms with Gasteiger partial charge in [0.15, 0.2) is 15.1 Å². The Morgan fingerprint density at radius 3 is 2.60 bits per heavy atom. The quantitative estimate of drug-likeness (QED) is 0.881.